The van der Waals surface area contributed by atoms with Crippen molar-refractivity contribution < 1.29 is 9.90 Å². The van der Waals surface area contributed by atoms with Crippen molar-refractivity contribution in [3.8, 4) is 0 Å². The fourth-order valence-electron chi connectivity index (χ4n) is 2.04. The predicted molar refractivity (Wildman–Crippen MR) is 72.0 cm³/mol. The Morgan fingerprint density at radius 2 is 2.11 bits per heavy atom. The van der Waals surface area contributed by atoms with Gasteiger partial charge >= 0.3 is 5.97 Å². The fraction of sp³-hybridized carbons (Fsp3) is 0.286. The molecule has 94 valence electrons. The summed E-state index contributed by atoms with van der Waals surface area (Å²) in [5.74, 6) is -0.463. The molecule has 2 aromatic rings. The third-order valence-electron chi connectivity index (χ3n) is 2.90. The smallest absolute Gasteiger partial charge is 0.322 e. The normalized spacial score (nSPS) is 10.8. The minimum absolute atomic E-state index is 0.0849. The van der Waals surface area contributed by atoms with Crippen LogP contribution in [0.4, 0.5) is 5.69 Å². The molecule has 0 aliphatic heterocycles. The van der Waals surface area contributed by atoms with Gasteiger partial charge in [-0.3, -0.25) is 9.78 Å². The molecule has 1 aromatic heterocycles. The lowest BCUT2D eigenvalue weighted by Crippen LogP contribution is -2.12. The Balaban J connectivity index is 2.50. The molecule has 0 saturated heterocycles. The number of aromatic nitrogens is 1. The van der Waals surface area contributed by atoms with Gasteiger partial charge in [-0.15, -0.1) is 0 Å². The van der Waals surface area contributed by atoms with Gasteiger partial charge in [-0.2, -0.15) is 0 Å². The second-order valence-electron chi connectivity index (χ2n) is 4.53. The van der Waals surface area contributed by atoms with Crippen molar-refractivity contribution in [2.24, 2.45) is 0 Å². The average Bonchev–Trinajstić information content (AvgIpc) is 2.35. The number of carboxylic acid groups (broad SMARTS) is 1. The highest BCUT2D eigenvalue weighted by Gasteiger charge is 2.09. The highest BCUT2D eigenvalue weighted by atomic mass is 16.4. The summed E-state index contributed by atoms with van der Waals surface area (Å²) in [6.07, 6.45) is 3.55. The van der Waals surface area contributed by atoms with Gasteiger partial charge in [-0.25, -0.2) is 0 Å². The Labute approximate surface area is 106 Å². The summed E-state index contributed by atoms with van der Waals surface area (Å²) < 4.78 is 0. The Morgan fingerprint density at radius 1 is 1.33 bits per heavy atom. The number of fused-ring (bicyclic) bond motifs is 1. The highest BCUT2D eigenvalue weighted by Crippen LogP contribution is 2.30. The molecule has 0 saturated carbocycles. The van der Waals surface area contributed by atoms with Gasteiger partial charge in [-0.05, 0) is 23.6 Å². The molecule has 4 nitrogen and oxygen atoms in total. The van der Waals surface area contributed by atoms with Crippen molar-refractivity contribution in [3.63, 3.8) is 0 Å². The third kappa shape index (κ3) is 2.42. The van der Waals surface area contributed by atoms with Crippen LogP contribution in [0.25, 0.3) is 10.8 Å². The molecule has 0 bridgehead atoms. The van der Waals surface area contributed by atoms with Crippen LogP contribution in [0.2, 0.25) is 0 Å². The zero-order chi connectivity index (χ0) is 13.1. The van der Waals surface area contributed by atoms with E-state index in [0.29, 0.717) is 5.92 Å². The topological polar surface area (TPSA) is 62.2 Å². The van der Waals surface area contributed by atoms with Gasteiger partial charge in [0.05, 0.1) is 0 Å². The molecule has 18 heavy (non-hydrogen) atoms. The quantitative estimate of drug-likeness (QED) is 0.868. The number of nitrogens with one attached hydrogen (secondary N) is 1. The molecule has 0 fully saturated rings. The van der Waals surface area contributed by atoms with Crippen molar-refractivity contribution in [2.75, 3.05) is 11.9 Å². The molecular formula is C14H16N2O2. The summed E-state index contributed by atoms with van der Waals surface area (Å²) in [6, 6.07) is 5.87. The van der Waals surface area contributed by atoms with Crippen molar-refractivity contribution in [1.29, 1.82) is 0 Å². The first kappa shape index (κ1) is 12.4. The number of carbonyl (C=O) groups is 1. The summed E-state index contributed by atoms with van der Waals surface area (Å²) >= 11 is 0. The van der Waals surface area contributed by atoms with Crippen LogP contribution in [0.1, 0.15) is 25.3 Å². The van der Waals surface area contributed by atoms with Gasteiger partial charge in [0, 0.05) is 28.9 Å². The molecule has 0 atom stereocenters. The molecule has 1 heterocycles. The summed E-state index contributed by atoms with van der Waals surface area (Å²) in [4.78, 5) is 14.8. The van der Waals surface area contributed by atoms with Gasteiger partial charge in [0.1, 0.15) is 6.54 Å². The van der Waals surface area contributed by atoms with Crippen LogP contribution in [-0.2, 0) is 4.79 Å². The molecule has 4 heteroatoms. The van der Waals surface area contributed by atoms with Crippen LogP contribution in [0, 0.1) is 0 Å². The standard InChI is InChI=1S/C14H16N2O2/c1-9(2)10-3-4-13(16-8-14(17)18)11-5-6-15-7-12(10)11/h3-7,9,16H,8H2,1-2H3,(H,17,18). The van der Waals surface area contributed by atoms with Crippen molar-refractivity contribution in [3.05, 3.63) is 36.2 Å². The zero-order valence-electron chi connectivity index (χ0n) is 10.5. The molecular weight excluding hydrogens is 228 g/mol. The molecule has 0 amide bonds. The largest absolute Gasteiger partial charge is 0.480 e. The number of nitrogens with zero attached hydrogens (tertiary/aromatic N) is 1. The molecule has 2 N–H and O–H groups in total. The van der Waals surface area contributed by atoms with Gasteiger partial charge < -0.3 is 10.4 Å². The first-order valence-corrected chi connectivity index (χ1v) is 5.92. The van der Waals surface area contributed by atoms with E-state index in [1.807, 2.05) is 24.4 Å². The number of carboxylic acids is 1. The molecule has 0 unspecified atom stereocenters. The lowest BCUT2D eigenvalue weighted by atomic mass is 9.96. The summed E-state index contributed by atoms with van der Waals surface area (Å²) in [7, 11) is 0. The number of pyridine rings is 1. The lowest BCUT2D eigenvalue weighted by Gasteiger charge is -2.13. The van der Waals surface area contributed by atoms with Crippen LogP contribution in [-0.4, -0.2) is 22.6 Å². The van der Waals surface area contributed by atoms with Gasteiger partial charge in [-0.1, -0.05) is 19.9 Å². The number of hydrogen-bond acceptors (Lipinski definition) is 3. The van der Waals surface area contributed by atoms with E-state index in [0.717, 1.165) is 16.5 Å². The molecule has 0 spiro atoms. The Bertz CT molecular complexity index is 579. The molecule has 1 aromatic carbocycles. The number of benzene rings is 1. The first-order chi connectivity index (χ1) is 8.59. The maximum atomic E-state index is 10.6. The van der Waals surface area contributed by atoms with Gasteiger partial charge in [0.15, 0.2) is 0 Å². The highest BCUT2D eigenvalue weighted by molar-refractivity contribution is 5.96. The fourth-order valence-corrected chi connectivity index (χ4v) is 2.04. The van der Waals surface area contributed by atoms with E-state index in [-0.39, 0.29) is 6.54 Å². The van der Waals surface area contributed by atoms with Crippen molar-refractivity contribution >= 4 is 22.4 Å². The minimum atomic E-state index is -0.870. The van der Waals surface area contributed by atoms with Crippen LogP contribution >= 0.6 is 0 Å². The molecule has 0 radical (unpaired) electrons. The maximum Gasteiger partial charge on any atom is 0.322 e. The van der Waals surface area contributed by atoms with E-state index in [1.54, 1.807) is 6.20 Å². The van der Waals surface area contributed by atoms with Crippen LogP contribution in [0.5, 0.6) is 0 Å². The third-order valence-corrected chi connectivity index (χ3v) is 2.90. The monoisotopic (exact) mass is 244 g/mol. The number of anilines is 1. The number of hydrogen-bond donors (Lipinski definition) is 2. The maximum absolute atomic E-state index is 10.6. The zero-order valence-corrected chi connectivity index (χ0v) is 10.5. The minimum Gasteiger partial charge on any atom is -0.480 e. The average molecular weight is 244 g/mol. The predicted octanol–water partition coefficient (Wildman–Crippen LogP) is 2.85. The van der Waals surface area contributed by atoms with Crippen molar-refractivity contribution in [1.82, 2.24) is 4.98 Å². The Hall–Kier alpha value is -2.10. The van der Waals surface area contributed by atoms with Gasteiger partial charge in [0.2, 0.25) is 0 Å². The van der Waals surface area contributed by atoms with E-state index in [9.17, 15) is 4.79 Å². The Morgan fingerprint density at radius 3 is 2.78 bits per heavy atom. The van der Waals surface area contributed by atoms with E-state index >= 15 is 0 Å². The molecule has 2 rings (SSSR count). The number of aliphatic carboxylic acids is 1. The Kier molecular flexibility index (Phi) is 3.46. The second-order valence-corrected chi connectivity index (χ2v) is 4.53. The van der Waals surface area contributed by atoms with Gasteiger partial charge in [0.25, 0.3) is 0 Å². The van der Waals surface area contributed by atoms with Crippen molar-refractivity contribution in [2.45, 2.75) is 19.8 Å². The van der Waals surface area contributed by atoms with Crippen LogP contribution in [0.15, 0.2) is 30.6 Å². The SMILES string of the molecule is CC(C)c1ccc(NCC(=O)O)c2ccncc12. The van der Waals surface area contributed by atoms with Crippen LogP contribution < -0.4 is 5.32 Å². The van der Waals surface area contributed by atoms with E-state index in [1.165, 1.54) is 5.56 Å². The van der Waals surface area contributed by atoms with E-state index in [4.69, 9.17) is 5.11 Å². The second kappa shape index (κ2) is 5.04. The molecule has 0 aliphatic rings. The molecule has 0 aliphatic carbocycles. The lowest BCUT2D eigenvalue weighted by molar-refractivity contribution is -0.134. The van der Waals surface area contributed by atoms with E-state index < -0.39 is 5.97 Å². The summed E-state index contributed by atoms with van der Waals surface area (Å²) in [5, 5.41) is 13.7. The number of rotatable bonds is 4. The summed E-state index contributed by atoms with van der Waals surface area (Å²) in [5.41, 5.74) is 2.05. The summed E-state index contributed by atoms with van der Waals surface area (Å²) in [6.45, 7) is 4.18. The first-order valence-electron chi connectivity index (χ1n) is 5.92. The van der Waals surface area contributed by atoms with Crippen LogP contribution in [0.3, 0.4) is 0 Å². The van der Waals surface area contributed by atoms with E-state index in [2.05, 4.69) is 24.1 Å².